The third-order valence-electron chi connectivity index (χ3n) is 1.08. The van der Waals surface area contributed by atoms with Gasteiger partial charge in [-0.25, -0.2) is 0 Å². The van der Waals surface area contributed by atoms with Crippen molar-refractivity contribution < 1.29 is 14.3 Å². The first-order chi connectivity index (χ1) is 5.77. The van der Waals surface area contributed by atoms with Gasteiger partial charge in [0.15, 0.2) is 0 Å². The van der Waals surface area contributed by atoms with Gasteiger partial charge in [0.1, 0.15) is 12.7 Å². The quantitative estimate of drug-likeness (QED) is 0.362. The second kappa shape index (κ2) is 8.09. The van der Waals surface area contributed by atoms with Gasteiger partial charge in [0.2, 0.25) is 0 Å². The summed E-state index contributed by atoms with van der Waals surface area (Å²) < 4.78 is 9.46. The molecule has 0 rings (SSSR count). The van der Waals surface area contributed by atoms with Crippen molar-refractivity contribution >= 4 is 5.97 Å². The summed E-state index contributed by atoms with van der Waals surface area (Å²) in [6, 6.07) is 0. The van der Waals surface area contributed by atoms with Crippen molar-refractivity contribution in [2.45, 2.75) is 26.7 Å². The molecule has 0 radical (unpaired) electrons. The Morgan fingerprint density at radius 2 is 2.25 bits per heavy atom. The van der Waals surface area contributed by atoms with Crippen molar-refractivity contribution in [3.63, 3.8) is 0 Å². The highest BCUT2D eigenvalue weighted by atomic mass is 16.5. The van der Waals surface area contributed by atoms with Crippen LogP contribution in [0.3, 0.4) is 0 Å². The minimum absolute atomic E-state index is 0.327. The molecule has 0 fully saturated rings. The molecule has 68 valence electrons. The van der Waals surface area contributed by atoms with Crippen LogP contribution in [0.5, 0.6) is 0 Å². The smallest absolute Gasteiger partial charge is 0.316 e. The van der Waals surface area contributed by atoms with Crippen LogP contribution < -0.4 is 0 Å². The maximum atomic E-state index is 10.2. The monoisotopic (exact) mass is 170 g/mol. The molecule has 0 aliphatic carbocycles. The number of hydrogen-bond acceptors (Lipinski definition) is 3. The second-order valence-corrected chi connectivity index (χ2v) is 2.28. The number of hydrogen-bond donors (Lipinski definition) is 0. The van der Waals surface area contributed by atoms with Gasteiger partial charge in [-0.15, -0.1) is 0 Å². The van der Waals surface area contributed by atoms with E-state index in [0.717, 1.165) is 12.8 Å². The van der Waals surface area contributed by atoms with Gasteiger partial charge in [-0.2, -0.15) is 0 Å². The van der Waals surface area contributed by atoms with Crippen molar-refractivity contribution in [2.75, 3.05) is 13.2 Å². The zero-order valence-electron chi connectivity index (χ0n) is 7.55. The topological polar surface area (TPSA) is 35.5 Å². The Morgan fingerprint density at radius 1 is 1.50 bits per heavy atom. The fourth-order valence-electron chi connectivity index (χ4n) is 0.507. The van der Waals surface area contributed by atoms with E-state index in [-0.39, 0.29) is 0 Å². The fraction of sp³-hybridized carbons (Fsp3) is 0.667. The lowest BCUT2D eigenvalue weighted by Gasteiger charge is -1.95. The zero-order valence-corrected chi connectivity index (χ0v) is 7.55. The Balaban J connectivity index is 3.16. The minimum atomic E-state index is -0.393. The number of unbranched alkanes of at least 4 members (excludes halogenated alkanes) is 1. The molecule has 0 aromatic carbocycles. The molecule has 12 heavy (non-hydrogen) atoms. The molecule has 0 N–H and O–H groups in total. The van der Waals surface area contributed by atoms with Crippen molar-refractivity contribution in [3.05, 3.63) is 0 Å². The Labute approximate surface area is 73.0 Å². The summed E-state index contributed by atoms with van der Waals surface area (Å²) in [5.41, 5.74) is 0. The molecule has 3 heteroatoms. The molecule has 0 saturated carbocycles. The molecular formula is C9H14O3. The van der Waals surface area contributed by atoms with Crippen LogP contribution in [0.4, 0.5) is 0 Å². The van der Waals surface area contributed by atoms with Crippen molar-refractivity contribution in [1.82, 2.24) is 0 Å². The number of esters is 1. The van der Waals surface area contributed by atoms with E-state index >= 15 is 0 Å². The van der Waals surface area contributed by atoms with Crippen LogP contribution in [0.2, 0.25) is 0 Å². The Bertz CT molecular complexity index is 176. The Hall–Kier alpha value is -1.01. The number of rotatable bonds is 4. The summed E-state index contributed by atoms with van der Waals surface area (Å²) >= 11 is 0. The molecule has 3 nitrogen and oxygen atoms in total. The maximum Gasteiger partial charge on any atom is 0.316 e. The predicted molar refractivity (Wildman–Crippen MR) is 45.3 cm³/mol. The van der Waals surface area contributed by atoms with Crippen LogP contribution in [0.15, 0.2) is 0 Å². The first kappa shape index (κ1) is 11.0. The summed E-state index contributed by atoms with van der Waals surface area (Å²) in [5, 5.41) is 0. The van der Waals surface area contributed by atoms with Crippen LogP contribution in [0, 0.1) is 12.0 Å². The van der Waals surface area contributed by atoms with Gasteiger partial charge in [0.25, 0.3) is 0 Å². The molecule has 0 atom stereocenters. The number of ether oxygens (including phenoxy) is 2. The SMILES string of the molecule is CCCCOCC#COC(C)=O. The summed E-state index contributed by atoms with van der Waals surface area (Å²) in [6.07, 6.45) is 4.38. The van der Waals surface area contributed by atoms with Gasteiger partial charge in [0.05, 0.1) is 0 Å². The lowest BCUT2D eigenvalue weighted by Crippen LogP contribution is -1.95. The fourth-order valence-corrected chi connectivity index (χ4v) is 0.507. The summed E-state index contributed by atoms with van der Waals surface area (Å²) in [6.45, 7) is 4.44. The van der Waals surface area contributed by atoms with Crippen molar-refractivity contribution in [3.8, 4) is 12.0 Å². The molecule has 0 aliphatic heterocycles. The molecule has 0 saturated heterocycles. The lowest BCUT2D eigenvalue weighted by atomic mass is 10.4. The zero-order chi connectivity index (χ0) is 9.23. The standard InChI is InChI=1S/C9H14O3/c1-3-4-6-11-7-5-8-12-9(2)10/h3-4,6-7H2,1-2H3. The number of carbonyl (C=O) groups excluding carboxylic acids is 1. The van der Waals surface area contributed by atoms with Crippen LogP contribution in [0.1, 0.15) is 26.7 Å². The molecule has 0 heterocycles. The molecule has 0 aliphatic rings. The van der Waals surface area contributed by atoms with Crippen LogP contribution in [-0.4, -0.2) is 19.2 Å². The summed E-state index contributed by atoms with van der Waals surface area (Å²) in [4.78, 5) is 10.2. The maximum absolute atomic E-state index is 10.2. The summed E-state index contributed by atoms with van der Waals surface area (Å²) in [5.74, 6) is 2.17. The van der Waals surface area contributed by atoms with E-state index in [4.69, 9.17) is 4.74 Å². The average Bonchev–Trinajstić information content (AvgIpc) is 2.02. The lowest BCUT2D eigenvalue weighted by molar-refractivity contribution is -0.134. The highest BCUT2D eigenvalue weighted by Gasteiger charge is 1.84. The highest BCUT2D eigenvalue weighted by molar-refractivity contribution is 5.67. The predicted octanol–water partition coefficient (Wildman–Crippen LogP) is 1.33. The number of carbonyl (C=O) groups is 1. The third kappa shape index (κ3) is 8.99. The molecule has 0 aromatic heterocycles. The van der Waals surface area contributed by atoms with Gasteiger partial charge in [-0.3, -0.25) is 4.79 Å². The third-order valence-corrected chi connectivity index (χ3v) is 1.08. The Morgan fingerprint density at radius 3 is 2.83 bits per heavy atom. The molecule has 0 aromatic rings. The van der Waals surface area contributed by atoms with Crippen molar-refractivity contribution in [2.24, 2.45) is 0 Å². The van der Waals surface area contributed by atoms with E-state index in [0.29, 0.717) is 13.2 Å². The van der Waals surface area contributed by atoms with E-state index in [2.05, 4.69) is 23.7 Å². The van der Waals surface area contributed by atoms with Crippen LogP contribution in [-0.2, 0) is 14.3 Å². The van der Waals surface area contributed by atoms with Crippen LogP contribution in [0.25, 0.3) is 0 Å². The van der Waals surface area contributed by atoms with Gasteiger partial charge < -0.3 is 9.47 Å². The molecular weight excluding hydrogens is 156 g/mol. The van der Waals surface area contributed by atoms with Crippen molar-refractivity contribution in [1.29, 1.82) is 0 Å². The van der Waals surface area contributed by atoms with E-state index in [1.807, 2.05) is 0 Å². The van der Waals surface area contributed by atoms with E-state index in [1.165, 1.54) is 6.92 Å². The van der Waals surface area contributed by atoms with Gasteiger partial charge in [-0.05, 0) is 12.3 Å². The largest absolute Gasteiger partial charge is 0.372 e. The van der Waals surface area contributed by atoms with Gasteiger partial charge in [-0.1, -0.05) is 13.3 Å². The minimum Gasteiger partial charge on any atom is -0.372 e. The van der Waals surface area contributed by atoms with E-state index < -0.39 is 5.97 Å². The molecule has 0 unspecified atom stereocenters. The molecule has 0 spiro atoms. The van der Waals surface area contributed by atoms with E-state index in [9.17, 15) is 4.79 Å². The normalized spacial score (nSPS) is 8.50. The Kier molecular flexibility index (Phi) is 7.41. The summed E-state index contributed by atoms with van der Waals surface area (Å²) in [7, 11) is 0. The first-order valence-electron chi connectivity index (χ1n) is 4.00. The van der Waals surface area contributed by atoms with E-state index in [1.54, 1.807) is 0 Å². The first-order valence-corrected chi connectivity index (χ1v) is 4.00. The molecule has 0 bridgehead atoms. The van der Waals surface area contributed by atoms with Gasteiger partial charge >= 0.3 is 5.97 Å². The average molecular weight is 170 g/mol. The van der Waals surface area contributed by atoms with Gasteiger partial charge in [0, 0.05) is 13.5 Å². The second-order valence-electron chi connectivity index (χ2n) is 2.28. The van der Waals surface area contributed by atoms with Crippen LogP contribution >= 0.6 is 0 Å². The highest BCUT2D eigenvalue weighted by Crippen LogP contribution is 1.86. The molecule has 0 amide bonds.